The predicted octanol–water partition coefficient (Wildman–Crippen LogP) is 5.38. The molecule has 0 amide bonds. The van der Waals surface area contributed by atoms with Crippen molar-refractivity contribution in [2.75, 3.05) is 6.54 Å². The molecule has 30 heavy (non-hydrogen) atoms. The molecule has 0 spiro atoms. The molecular formula is C27H25NO2. The molecule has 0 unspecified atom stereocenters. The Kier molecular flexibility index (Phi) is 4.97. The Morgan fingerprint density at radius 3 is 1.97 bits per heavy atom. The second-order valence-corrected chi connectivity index (χ2v) is 8.22. The molecule has 3 heteroatoms. The Bertz CT molecular complexity index is 1050. The van der Waals surface area contributed by atoms with Gasteiger partial charge in [-0.1, -0.05) is 103 Å². The highest BCUT2D eigenvalue weighted by molar-refractivity contribution is 5.75. The van der Waals surface area contributed by atoms with Crippen LogP contribution in [-0.4, -0.2) is 28.6 Å². The summed E-state index contributed by atoms with van der Waals surface area (Å²) in [5.41, 5.74) is 4.67. The summed E-state index contributed by atoms with van der Waals surface area (Å²) in [6.45, 7) is 0.885. The van der Waals surface area contributed by atoms with Gasteiger partial charge in [-0.2, -0.15) is 0 Å². The fourth-order valence-electron chi connectivity index (χ4n) is 5.43. The summed E-state index contributed by atoms with van der Waals surface area (Å²) in [5.74, 6) is -1.27. The van der Waals surface area contributed by atoms with Crippen molar-refractivity contribution in [2.24, 2.45) is 5.92 Å². The van der Waals surface area contributed by atoms with Gasteiger partial charge in [0, 0.05) is 24.5 Å². The first-order valence-corrected chi connectivity index (χ1v) is 10.6. The van der Waals surface area contributed by atoms with Gasteiger partial charge >= 0.3 is 5.97 Å². The second kappa shape index (κ2) is 7.92. The summed E-state index contributed by atoms with van der Waals surface area (Å²) in [6, 6.07) is 30.8. The number of nitrogens with zero attached hydrogens (tertiary/aromatic N) is 1. The number of benzene rings is 3. The van der Waals surface area contributed by atoms with Gasteiger partial charge in [-0.25, -0.2) is 0 Å². The Morgan fingerprint density at radius 2 is 1.37 bits per heavy atom. The van der Waals surface area contributed by atoms with E-state index in [1.807, 2.05) is 42.5 Å². The number of hydrogen-bond donors (Lipinski definition) is 1. The Morgan fingerprint density at radius 1 is 0.800 bits per heavy atom. The van der Waals surface area contributed by atoms with Crippen molar-refractivity contribution in [3.05, 3.63) is 113 Å². The van der Waals surface area contributed by atoms with E-state index in [1.54, 1.807) is 0 Å². The van der Waals surface area contributed by atoms with E-state index in [9.17, 15) is 9.90 Å². The van der Waals surface area contributed by atoms with E-state index in [0.717, 1.165) is 24.1 Å². The zero-order chi connectivity index (χ0) is 20.5. The summed E-state index contributed by atoms with van der Waals surface area (Å²) in [5, 5.41) is 10.4. The Hall–Kier alpha value is -3.17. The van der Waals surface area contributed by atoms with E-state index in [2.05, 4.69) is 59.5 Å². The quantitative estimate of drug-likeness (QED) is 0.644. The highest BCUT2D eigenvalue weighted by atomic mass is 16.4. The molecule has 2 aliphatic heterocycles. The Labute approximate surface area is 177 Å². The van der Waals surface area contributed by atoms with Crippen LogP contribution in [0.1, 0.15) is 35.1 Å². The molecule has 150 valence electrons. The molecule has 0 aromatic heterocycles. The van der Waals surface area contributed by atoms with Crippen molar-refractivity contribution in [1.29, 1.82) is 0 Å². The lowest BCUT2D eigenvalue weighted by Gasteiger charge is -2.28. The molecule has 2 fully saturated rings. The van der Waals surface area contributed by atoms with E-state index in [4.69, 9.17) is 0 Å². The normalized spacial score (nSPS) is 27.3. The standard InChI is InChI=1S/C27H25NO2/c29-27(30)24-23(20-12-6-2-7-13-20)25(21-14-8-3-9-15-21)28-17-16-22(26(24)28)18-19-10-4-1-5-11-19/h1-15,18,23-26H,16-17H2,(H,29,30)/b22-18+/t23-,24-,25+,26-/m0/s1. The maximum Gasteiger partial charge on any atom is 0.309 e. The molecule has 2 aliphatic rings. The number of carboxylic acid groups (broad SMARTS) is 1. The third kappa shape index (κ3) is 3.25. The Balaban J connectivity index is 1.64. The largest absolute Gasteiger partial charge is 0.481 e. The smallest absolute Gasteiger partial charge is 0.309 e. The van der Waals surface area contributed by atoms with Gasteiger partial charge < -0.3 is 5.11 Å². The lowest BCUT2D eigenvalue weighted by atomic mass is 9.77. The van der Waals surface area contributed by atoms with E-state index in [0.29, 0.717) is 0 Å². The van der Waals surface area contributed by atoms with Gasteiger partial charge in [0.05, 0.1) is 5.92 Å². The van der Waals surface area contributed by atoms with Crippen LogP contribution >= 0.6 is 0 Å². The van der Waals surface area contributed by atoms with Gasteiger partial charge in [0.1, 0.15) is 0 Å². The van der Waals surface area contributed by atoms with E-state index in [1.165, 1.54) is 11.1 Å². The monoisotopic (exact) mass is 395 g/mol. The average molecular weight is 396 g/mol. The molecule has 1 N–H and O–H groups in total. The zero-order valence-corrected chi connectivity index (χ0v) is 16.8. The van der Waals surface area contributed by atoms with Crippen LogP contribution in [0.4, 0.5) is 0 Å². The number of rotatable bonds is 4. The van der Waals surface area contributed by atoms with Gasteiger partial charge in [0.2, 0.25) is 0 Å². The fraction of sp³-hybridized carbons (Fsp3) is 0.222. The van der Waals surface area contributed by atoms with Crippen molar-refractivity contribution in [2.45, 2.75) is 24.4 Å². The summed E-state index contributed by atoms with van der Waals surface area (Å²) >= 11 is 0. The molecule has 0 saturated carbocycles. The van der Waals surface area contributed by atoms with Gasteiger partial charge in [-0.15, -0.1) is 0 Å². The number of aliphatic carboxylic acids is 1. The zero-order valence-electron chi connectivity index (χ0n) is 16.8. The first-order valence-electron chi connectivity index (χ1n) is 10.6. The second-order valence-electron chi connectivity index (χ2n) is 8.22. The molecule has 2 saturated heterocycles. The van der Waals surface area contributed by atoms with Gasteiger partial charge in [-0.3, -0.25) is 9.69 Å². The molecule has 2 heterocycles. The third-order valence-electron chi connectivity index (χ3n) is 6.58. The topological polar surface area (TPSA) is 40.5 Å². The van der Waals surface area contributed by atoms with E-state index in [-0.39, 0.29) is 18.0 Å². The van der Waals surface area contributed by atoms with Crippen molar-refractivity contribution in [1.82, 2.24) is 4.90 Å². The molecule has 3 aromatic carbocycles. The number of fused-ring (bicyclic) bond motifs is 1. The van der Waals surface area contributed by atoms with Crippen molar-refractivity contribution in [3.8, 4) is 0 Å². The lowest BCUT2D eigenvalue weighted by Crippen LogP contribution is -2.32. The fourth-order valence-corrected chi connectivity index (χ4v) is 5.43. The summed E-state index contributed by atoms with van der Waals surface area (Å²) in [7, 11) is 0. The maximum absolute atomic E-state index is 12.6. The van der Waals surface area contributed by atoms with E-state index < -0.39 is 11.9 Å². The number of carboxylic acids is 1. The average Bonchev–Trinajstić information content (AvgIpc) is 3.34. The van der Waals surface area contributed by atoms with Gasteiger partial charge in [0.15, 0.2) is 0 Å². The van der Waals surface area contributed by atoms with Crippen LogP contribution in [0.3, 0.4) is 0 Å². The highest BCUT2D eigenvalue weighted by Crippen LogP contribution is 2.55. The molecule has 0 aliphatic carbocycles. The summed E-state index contributed by atoms with van der Waals surface area (Å²) in [4.78, 5) is 15.1. The summed E-state index contributed by atoms with van der Waals surface area (Å²) < 4.78 is 0. The van der Waals surface area contributed by atoms with E-state index >= 15 is 0 Å². The SMILES string of the molecule is O=C(O)[C@H]1[C@H](c2ccccc2)[C@@H](c2ccccc2)N2CC/C(=C\c3ccccc3)[C@@H]12. The highest BCUT2D eigenvalue weighted by Gasteiger charge is 2.56. The van der Waals surface area contributed by atoms with Crippen LogP contribution in [0.15, 0.2) is 96.6 Å². The lowest BCUT2D eigenvalue weighted by molar-refractivity contribution is -0.142. The molecular weight excluding hydrogens is 370 g/mol. The molecule has 4 atom stereocenters. The van der Waals surface area contributed by atoms with Gasteiger partial charge in [-0.05, 0) is 23.1 Å². The number of carbonyl (C=O) groups is 1. The predicted molar refractivity (Wildman–Crippen MR) is 119 cm³/mol. The maximum atomic E-state index is 12.6. The molecule has 3 aromatic rings. The minimum atomic E-state index is -0.710. The van der Waals surface area contributed by atoms with Crippen molar-refractivity contribution >= 4 is 12.0 Å². The number of hydrogen-bond acceptors (Lipinski definition) is 2. The molecule has 0 bridgehead atoms. The van der Waals surface area contributed by atoms with Crippen molar-refractivity contribution in [3.63, 3.8) is 0 Å². The van der Waals surface area contributed by atoms with Crippen molar-refractivity contribution < 1.29 is 9.90 Å². The van der Waals surface area contributed by atoms with Gasteiger partial charge in [0.25, 0.3) is 0 Å². The summed E-state index contributed by atoms with van der Waals surface area (Å²) in [6.07, 6.45) is 3.12. The van der Waals surface area contributed by atoms with Crippen LogP contribution in [-0.2, 0) is 4.79 Å². The molecule has 3 nitrogen and oxygen atoms in total. The van der Waals surface area contributed by atoms with Crippen LogP contribution in [0.25, 0.3) is 6.08 Å². The molecule has 0 radical (unpaired) electrons. The van der Waals surface area contributed by atoms with Crippen LogP contribution in [0.2, 0.25) is 0 Å². The first-order chi connectivity index (χ1) is 14.7. The van der Waals surface area contributed by atoms with Crippen LogP contribution in [0.5, 0.6) is 0 Å². The minimum absolute atomic E-state index is 0.0568. The molecule has 5 rings (SSSR count). The first kappa shape index (κ1) is 18.8. The third-order valence-corrected chi connectivity index (χ3v) is 6.58. The van der Waals surface area contributed by atoms with Crippen LogP contribution < -0.4 is 0 Å². The van der Waals surface area contributed by atoms with Crippen LogP contribution in [0, 0.1) is 5.92 Å². The minimum Gasteiger partial charge on any atom is -0.481 e.